The first-order chi connectivity index (χ1) is 17.9. The van der Waals surface area contributed by atoms with Crippen molar-refractivity contribution in [1.82, 2.24) is 9.88 Å². The number of aromatic nitrogens is 1. The van der Waals surface area contributed by atoms with Crippen LogP contribution in [0.3, 0.4) is 0 Å². The zero-order valence-electron chi connectivity index (χ0n) is 21.0. The number of nitrogens with one attached hydrogen (secondary N) is 1. The summed E-state index contributed by atoms with van der Waals surface area (Å²) in [6, 6.07) is 19.1. The predicted octanol–water partition coefficient (Wildman–Crippen LogP) is 4.76. The summed E-state index contributed by atoms with van der Waals surface area (Å²) in [6.07, 6.45) is 1.12. The van der Waals surface area contributed by atoms with Crippen LogP contribution in [0.2, 0.25) is 0 Å². The molecule has 4 aromatic rings. The molecule has 2 N–H and O–H groups in total. The fourth-order valence-corrected chi connectivity index (χ4v) is 6.13. The van der Waals surface area contributed by atoms with Crippen LogP contribution in [-0.2, 0) is 27.8 Å². The van der Waals surface area contributed by atoms with E-state index in [4.69, 9.17) is 4.74 Å². The van der Waals surface area contributed by atoms with Gasteiger partial charge < -0.3 is 19.7 Å². The van der Waals surface area contributed by atoms with Gasteiger partial charge in [0.15, 0.2) is 0 Å². The Morgan fingerprint density at radius 2 is 1.71 bits per heavy atom. The van der Waals surface area contributed by atoms with Crippen molar-refractivity contribution in [1.29, 1.82) is 0 Å². The van der Waals surface area contributed by atoms with Gasteiger partial charge >= 0.3 is 12.1 Å². The van der Waals surface area contributed by atoms with Gasteiger partial charge in [0.1, 0.15) is 10.5 Å². The largest absolute Gasteiger partial charge is 0.478 e. The zero-order chi connectivity index (χ0) is 27.5. The predicted molar refractivity (Wildman–Crippen MR) is 145 cm³/mol. The van der Waals surface area contributed by atoms with Gasteiger partial charge in [-0.1, -0.05) is 65.9 Å². The molecule has 0 fully saturated rings. The number of rotatable bonds is 7. The SMILES string of the molecule is CC(C)(C)OC(=O)NCc1cn(Cc2cccc3ccccc23)/c(=N/S(=O)(=O)c2ccccc2C(=O)O)s1. The monoisotopic (exact) mass is 553 g/mol. The summed E-state index contributed by atoms with van der Waals surface area (Å²) in [6.45, 7) is 5.67. The van der Waals surface area contributed by atoms with Crippen LogP contribution in [0.4, 0.5) is 4.79 Å². The van der Waals surface area contributed by atoms with Gasteiger partial charge in [-0.05, 0) is 49.2 Å². The Morgan fingerprint density at radius 1 is 1.03 bits per heavy atom. The van der Waals surface area contributed by atoms with Gasteiger partial charge in [0.25, 0.3) is 10.0 Å². The van der Waals surface area contributed by atoms with Crippen LogP contribution in [0.1, 0.15) is 41.6 Å². The van der Waals surface area contributed by atoms with Gasteiger partial charge in [0, 0.05) is 11.1 Å². The molecule has 0 bridgehead atoms. The number of aromatic carboxylic acids is 1. The number of carbonyl (C=O) groups excluding carboxylic acids is 1. The molecular formula is C27H27N3O6S2. The van der Waals surface area contributed by atoms with Crippen molar-refractivity contribution in [3.63, 3.8) is 0 Å². The van der Waals surface area contributed by atoms with Crippen LogP contribution in [0.15, 0.2) is 82.2 Å². The maximum atomic E-state index is 13.2. The smallest absolute Gasteiger partial charge is 0.407 e. The summed E-state index contributed by atoms with van der Waals surface area (Å²) >= 11 is 1.08. The lowest BCUT2D eigenvalue weighted by molar-refractivity contribution is 0.0523. The Balaban J connectivity index is 1.77. The van der Waals surface area contributed by atoms with E-state index in [1.807, 2.05) is 42.5 Å². The highest BCUT2D eigenvalue weighted by Gasteiger charge is 2.22. The Morgan fingerprint density at radius 3 is 2.45 bits per heavy atom. The van der Waals surface area contributed by atoms with Gasteiger partial charge in [-0.15, -0.1) is 4.40 Å². The summed E-state index contributed by atoms with van der Waals surface area (Å²) in [4.78, 5) is 24.2. The molecule has 1 amide bonds. The molecule has 0 saturated heterocycles. The normalized spacial score (nSPS) is 12.4. The van der Waals surface area contributed by atoms with Crippen LogP contribution < -0.4 is 10.1 Å². The van der Waals surface area contributed by atoms with E-state index in [1.165, 1.54) is 24.3 Å². The van der Waals surface area contributed by atoms with E-state index in [2.05, 4.69) is 9.71 Å². The number of fused-ring (bicyclic) bond motifs is 1. The molecule has 198 valence electrons. The molecule has 11 heteroatoms. The summed E-state index contributed by atoms with van der Waals surface area (Å²) < 4.78 is 37.5. The van der Waals surface area contributed by atoms with Crippen molar-refractivity contribution >= 4 is 44.2 Å². The van der Waals surface area contributed by atoms with E-state index < -0.39 is 32.6 Å². The Bertz CT molecular complexity index is 1680. The number of carboxylic acid groups (broad SMARTS) is 1. The number of benzene rings is 3. The molecule has 1 heterocycles. The maximum Gasteiger partial charge on any atom is 0.407 e. The third-order valence-corrected chi connectivity index (χ3v) is 7.85. The second-order valence-electron chi connectivity index (χ2n) is 9.47. The van der Waals surface area contributed by atoms with E-state index in [1.54, 1.807) is 31.5 Å². The minimum absolute atomic E-state index is 0.0936. The number of alkyl carbamates (subject to hydrolysis) is 1. The maximum absolute atomic E-state index is 13.2. The summed E-state index contributed by atoms with van der Waals surface area (Å²) in [5.41, 5.74) is -0.0857. The van der Waals surface area contributed by atoms with Crippen LogP contribution in [-0.4, -0.2) is 35.8 Å². The average molecular weight is 554 g/mol. The molecule has 38 heavy (non-hydrogen) atoms. The lowest BCUT2D eigenvalue weighted by Gasteiger charge is -2.19. The number of hydrogen-bond acceptors (Lipinski definition) is 6. The summed E-state index contributed by atoms with van der Waals surface area (Å²) in [5, 5.41) is 14.2. The van der Waals surface area contributed by atoms with Crippen molar-refractivity contribution in [3.05, 3.63) is 93.7 Å². The molecule has 0 radical (unpaired) electrons. The molecule has 4 rings (SSSR count). The second-order valence-corrected chi connectivity index (χ2v) is 12.1. The topological polar surface area (TPSA) is 127 Å². The van der Waals surface area contributed by atoms with E-state index in [9.17, 15) is 23.1 Å². The molecule has 0 aliphatic rings. The molecule has 9 nitrogen and oxygen atoms in total. The Hall–Kier alpha value is -3.96. The summed E-state index contributed by atoms with van der Waals surface area (Å²) in [7, 11) is -4.37. The highest BCUT2D eigenvalue weighted by Crippen LogP contribution is 2.21. The minimum Gasteiger partial charge on any atom is -0.478 e. The van der Waals surface area contributed by atoms with Gasteiger partial charge in [-0.25, -0.2) is 9.59 Å². The molecule has 3 aromatic carbocycles. The fourth-order valence-electron chi connectivity index (χ4n) is 3.80. The zero-order valence-corrected chi connectivity index (χ0v) is 22.7. The Kier molecular flexibility index (Phi) is 7.70. The number of thiazole rings is 1. The molecule has 0 atom stereocenters. The van der Waals surface area contributed by atoms with Gasteiger partial charge in [-0.3, -0.25) is 0 Å². The van der Waals surface area contributed by atoms with Gasteiger partial charge in [0.05, 0.1) is 18.7 Å². The highest BCUT2D eigenvalue weighted by atomic mass is 32.2. The van der Waals surface area contributed by atoms with Crippen molar-refractivity contribution in [2.45, 2.75) is 44.4 Å². The van der Waals surface area contributed by atoms with E-state index in [0.717, 1.165) is 27.7 Å². The third-order valence-electron chi connectivity index (χ3n) is 5.39. The molecular weight excluding hydrogens is 526 g/mol. The number of sulfonamides is 1. The van der Waals surface area contributed by atoms with Crippen LogP contribution >= 0.6 is 11.3 Å². The van der Waals surface area contributed by atoms with Crippen molar-refractivity contribution in [2.24, 2.45) is 4.40 Å². The van der Waals surface area contributed by atoms with Crippen molar-refractivity contribution in [2.75, 3.05) is 0 Å². The molecule has 1 aromatic heterocycles. The van der Waals surface area contributed by atoms with E-state index >= 15 is 0 Å². The fraction of sp³-hybridized carbons (Fsp3) is 0.222. The molecule has 0 aliphatic heterocycles. The van der Waals surface area contributed by atoms with Crippen molar-refractivity contribution in [3.8, 4) is 0 Å². The van der Waals surface area contributed by atoms with Crippen molar-refractivity contribution < 1.29 is 27.9 Å². The standard InChI is InChI=1S/C27H27N3O6S2/c1-27(2,3)36-26(33)28-15-20-17-30(16-19-11-8-10-18-9-4-5-12-21(18)19)25(37-20)29-38(34,35)23-14-7-6-13-22(23)24(31)32/h4-14,17H,15-16H2,1-3H3,(H,28,33)(H,31,32)/b29-25-. The number of carbonyl (C=O) groups is 2. The first-order valence-corrected chi connectivity index (χ1v) is 13.9. The number of hydrogen-bond donors (Lipinski definition) is 2. The van der Waals surface area contributed by atoms with E-state index in [0.29, 0.717) is 11.4 Å². The quantitative estimate of drug-likeness (QED) is 0.340. The molecule has 0 aliphatic carbocycles. The van der Waals surface area contributed by atoms with Gasteiger partial charge in [-0.2, -0.15) is 8.42 Å². The molecule has 0 saturated carbocycles. The van der Waals surface area contributed by atoms with Gasteiger partial charge in [0.2, 0.25) is 4.80 Å². The number of amides is 1. The lowest BCUT2D eigenvalue weighted by atomic mass is 10.0. The van der Waals surface area contributed by atoms with E-state index in [-0.39, 0.29) is 16.9 Å². The van der Waals surface area contributed by atoms with Crippen LogP contribution in [0.25, 0.3) is 10.8 Å². The minimum atomic E-state index is -4.37. The average Bonchev–Trinajstić information content (AvgIpc) is 3.22. The first kappa shape index (κ1) is 27.1. The molecule has 0 unspecified atom stereocenters. The Labute approximate surface area is 224 Å². The third kappa shape index (κ3) is 6.48. The first-order valence-electron chi connectivity index (χ1n) is 11.7. The highest BCUT2D eigenvalue weighted by molar-refractivity contribution is 7.90. The second kappa shape index (κ2) is 10.8. The molecule has 0 spiro atoms. The number of ether oxygens (including phenoxy) is 1. The number of carboxylic acids is 1. The lowest BCUT2D eigenvalue weighted by Crippen LogP contribution is -2.31. The van der Waals surface area contributed by atoms with Crippen LogP contribution in [0.5, 0.6) is 0 Å². The number of nitrogens with zero attached hydrogens (tertiary/aromatic N) is 2. The van der Waals surface area contributed by atoms with Crippen LogP contribution in [0, 0.1) is 0 Å². The summed E-state index contributed by atoms with van der Waals surface area (Å²) in [5.74, 6) is -1.36.